The molecule has 114 valence electrons. The van der Waals surface area contributed by atoms with Crippen molar-refractivity contribution >= 4 is 28.5 Å². The fourth-order valence-corrected chi connectivity index (χ4v) is 3.21. The Bertz CT molecular complexity index is 548. The van der Waals surface area contributed by atoms with Crippen molar-refractivity contribution in [1.82, 2.24) is 0 Å². The minimum atomic E-state index is 0.0721. The molecule has 0 aliphatic carbocycles. The zero-order valence-corrected chi connectivity index (χ0v) is 14.0. The summed E-state index contributed by atoms with van der Waals surface area (Å²) in [5, 5.41) is 0.121. The second-order valence-electron chi connectivity index (χ2n) is 6.68. The molecule has 1 atom stereocenters. The highest BCUT2D eigenvalue weighted by atomic mass is 32.2. The largest absolute Gasteiger partial charge is 0.312 e. The van der Waals surface area contributed by atoms with E-state index in [1.807, 2.05) is 17.0 Å². The molecule has 3 nitrogen and oxygen atoms in total. The number of rotatable bonds is 3. The minimum Gasteiger partial charge on any atom is -0.312 e. The zero-order valence-electron chi connectivity index (χ0n) is 13.2. The van der Waals surface area contributed by atoms with Crippen LogP contribution in [0.1, 0.15) is 39.7 Å². The van der Waals surface area contributed by atoms with Gasteiger partial charge in [-0.3, -0.25) is 9.59 Å². The summed E-state index contributed by atoms with van der Waals surface area (Å²) < 4.78 is 0. The highest BCUT2D eigenvalue weighted by molar-refractivity contribution is 8.13. The van der Waals surface area contributed by atoms with Gasteiger partial charge in [-0.1, -0.05) is 44.7 Å². The van der Waals surface area contributed by atoms with E-state index in [-0.39, 0.29) is 22.4 Å². The monoisotopic (exact) mass is 305 g/mol. The van der Waals surface area contributed by atoms with Crippen LogP contribution in [-0.2, 0) is 15.0 Å². The van der Waals surface area contributed by atoms with Gasteiger partial charge in [0, 0.05) is 31.3 Å². The number of carbonyl (C=O) groups is 2. The van der Waals surface area contributed by atoms with Crippen molar-refractivity contribution < 1.29 is 9.59 Å². The summed E-state index contributed by atoms with van der Waals surface area (Å²) in [4.78, 5) is 25.1. The molecule has 1 aliphatic heterocycles. The topological polar surface area (TPSA) is 37.4 Å². The van der Waals surface area contributed by atoms with Crippen LogP contribution in [-0.4, -0.2) is 23.3 Å². The molecule has 1 unspecified atom stereocenters. The maximum atomic E-state index is 12.2. The Hall–Kier alpha value is -1.29. The first kappa shape index (κ1) is 16.1. The van der Waals surface area contributed by atoms with E-state index in [0.717, 1.165) is 11.4 Å². The number of nitrogens with zero attached hydrogens (tertiary/aromatic N) is 1. The molecule has 2 rings (SSSR count). The Kier molecular flexibility index (Phi) is 4.77. The molecule has 1 amide bonds. The van der Waals surface area contributed by atoms with E-state index in [0.29, 0.717) is 13.0 Å². The van der Waals surface area contributed by atoms with E-state index < -0.39 is 0 Å². The molecule has 1 heterocycles. The van der Waals surface area contributed by atoms with Crippen LogP contribution in [0.2, 0.25) is 0 Å². The number of carbonyl (C=O) groups excluding carboxylic acids is 2. The summed E-state index contributed by atoms with van der Waals surface area (Å²) in [7, 11) is 0. The molecule has 0 spiro atoms. The van der Waals surface area contributed by atoms with Crippen LogP contribution in [0.4, 0.5) is 5.69 Å². The van der Waals surface area contributed by atoms with Crippen molar-refractivity contribution in [2.24, 2.45) is 5.92 Å². The van der Waals surface area contributed by atoms with Gasteiger partial charge in [0.15, 0.2) is 5.12 Å². The van der Waals surface area contributed by atoms with Crippen molar-refractivity contribution in [2.75, 3.05) is 17.2 Å². The Morgan fingerprint density at radius 1 is 1.38 bits per heavy atom. The Morgan fingerprint density at radius 3 is 2.71 bits per heavy atom. The van der Waals surface area contributed by atoms with Gasteiger partial charge in [-0.25, -0.2) is 0 Å². The summed E-state index contributed by atoms with van der Waals surface area (Å²) in [5.74, 6) is 1.16. The fraction of sp³-hybridized carbons (Fsp3) is 0.529. The van der Waals surface area contributed by atoms with E-state index >= 15 is 0 Å². The molecule has 1 fully saturated rings. The fourth-order valence-electron chi connectivity index (χ4n) is 2.52. The van der Waals surface area contributed by atoms with Gasteiger partial charge in [0.05, 0.1) is 0 Å². The van der Waals surface area contributed by atoms with E-state index in [1.165, 1.54) is 17.3 Å². The highest BCUT2D eigenvalue weighted by Crippen LogP contribution is 2.31. The Morgan fingerprint density at radius 2 is 2.10 bits per heavy atom. The smallest absolute Gasteiger partial charge is 0.227 e. The van der Waals surface area contributed by atoms with E-state index in [2.05, 4.69) is 32.9 Å². The standard InChI is InChI=1S/C17H23NO2S/c1-12(19)21-11-13-8-16(20)18(10-13)15-7-5-6-14(9-15)17(2,3)4/h5-7,9,13H,8,10-11H2,1-4H3. The van der Waals surface area contributed by atoms with Gasteiger partial charge in [-0.05, 0) is 29.0 Å². The van der Waals surface area contributed by atoms with Crippen LogP contribution in [0.3, 0.4) is 0 Å². The molecule has 0 N–H and O–H groups in total. The third-order valence-corrected chi connectivity index (χ3v) is 4.80. The van der Waals surface area contributed by atoms with Crippen molar-refractivity contribution in [3.05, 3.63) is 29.8 Å². The van der Waals surface area contributed by atoms with Crippen LogP contribution < -0.4 is 4.90 Å². The second kappa shape index (κ2) is 6.22. The van der Waals surface area contributed by atoms with Crippen LogP contribution in [0.15, 0.2) is 24.3 Å². The minimum absolute atomic E-state index is 0.0721. The lowest BCUT2D eigenvalue weighted by atomic mass is 9.87. The molecule has 1 aromatic rings. The number of anilines is 1. The lowest BCUT2D eigenvalue weighted by Crippen LogP contribution is -2.25. The maximum absolute atomic E-state index is 12.2. The average Bonchev–Trinajstić information content (AvgIpc) is 2.77. The molecular formula is C17H23NO2S. The van der Waals surface area contributed by atoms with Crippen molar-refractivity contribution in [3.8, 4) is 0 Å². The number of hydrogen-bond acceptors (Lipinski definition) is 3. The first-order chi connectivity index (χ1) is 9.77. The summed E-state index contributed by atoms with van der Waals surface area (Å²) in [6.07, 6.45) is 0.542. The van der Waals surface area contributed by atoms with Gasteiger partial charge in [-0.15, -0.1) is 0 Å². The van der Waals surface area contributed by atoms with E-state index in [1.54, 1.807) is 6.92 Å². The maximum Gasteiger partial charge on any atom is 0.227 e. The summed E-state index contributed by atoms with van der Waals surface area (Å²) in [5.41, 5.74) is 2.28. The zero-order chi connectivity index (χ0) is 15.6. The lowest BCUT2D eigenvalue weighted by Gasteiger charge is -2.23. The first-order valence-electron chi connectivity index (χ1n) is 7.31. The van der Waals surface area contributed by atoms with Crippen molar-refractivity contribution in [1.29, 1.82) is 0 Å². The number of thioether (sulfide) groups is 1. The molecule has 0 saturated carbocycles. The third kappa shape index (κ3) is 4.10. The molecular weight excluding hydrogens is 282 g/mol. The molecule has 1 aromatic carbocycles. The van der Waals surface area contributed by atoms with Crippen LogP contribution in [0, 0.1) is 5.92 Å². The molecule has 1 aliphatic rings. The first-order valence-corrected chi connectivity index (χ1v) is 8.30. The predicted molar refractivity (Wildman–Crippen MR) is 88.7 cm³/mol. The lowest BCUT2D eigenvalue weighted by molar-refractivity contribution is -0.117. The second-order valence-corrected chi connectivity index (χ2v) is 7.87. The third-order valence-electron chi connectivity index (χ3n) is 3.75. The summed E-state index contributed by atoms with van der Waals surface area (Å²) in [6, 6.07) is 8.22. The van der Waals surface area contributed by atoms with Gasteiger partial charge < -0.3 is 4.90 Å². The van der Waals surface area contributed by atoms with Crippen molar-refractivity contribution in [3.63, 3.8) is 0 Å². The van der Waals surface area contributed by atoms with Crippen molar-refractivity contribution in [2.45, 2.75) is 39.5 Å². The SMILES string of the molecule is CC(=O)SCC1CC(=O)N(c2cccc(C(C)(C)C)c2)C1. The number of amides is 1. The van der Waals surface area contributed by atoms with E-state index in [4.69, 9.17) is 0 Å². The normalized spacial score (nSPS) is 19.1. The van der Waals surface area contributed by atoms with Gasteiger partial charge in [0.2, 0.25) is 5.91 Å². The summed E-state index contributed by atoms with van der Waals surface area (Å²) >= 11 is 1.32. The predicted octanol–water partition coefficient (Wildman–Crippen LogP) is 3.62. The number of hydrogen-bond donors (Lipinski definition) is 0. The molecule has 0 aromatic heterocycles. The Balaban J connectivity index is 2.12. The molecule has 0 bridgehead atoms. The Labute approximate surface area is 131 Å². The highest BCUT2D eigenvalue weighted by Gasteiger charge is 2.31. The number of benzene rings is 1. The molecule has 4 heteroatoms. The van der Waals surface area contributed by atoms with Crippen LogP contribution in [0.25, 0.3) is 0 Å². The molecule has 1 saturated heterocycles. The quantitative estimate of drug-likeness (QED) is 0.856. The molecule has 21 heavy (non-hydrogen) atoms. The average molecular weight is 305 g/mol. The van der Waals surface area contributed by atoms with Gasteiger partial charge in [-0.2, -0.15) is 0 Å². The van der Waals surface area contributed by atoms with Crippen LogP contribution in [0.5, 0.6) is 0 Å². The van der Waals surface area contributed by atoms with Gasteiger partial charge in [0.1, 0.15) is 0 Å². The van der Waals surface area contributed by atoms with Crippen LogP contribution >= 0.6 is 11.8 Å². The summed E-state index contributed by atoms with van der Waals surface area (Å²) in [6.45, 7) is 8.80. The van der Waals surface area contributed by atoms with Gasteiger partial charge >= 0.3 is 0 Å². The van der Waals surface area contributed by atoms with Gasteiger partial charge in [0.25, 0.3) is 0 Å². The van der Waals surface area contributed by atoms with E-state index in [9.17, 15) is 9.59 Å². The molecule has 0 radical (unpaired) electrons.